The normalized spacial score (nSPS) is 23.1. The Bertz CT molecular complexity index is 356. The lowest BCUT2D eigenvalue weighted by Crippen LogP contribution is -2.21. The minimum atomic E-state index is 0.0969. The smallest absolute Gasteiger partial charge is 0.0635 e. The van der Waals surface area contributed by atoms with Crippen molar-refractivity contribution in [2.75, 3.05) is 13.2 Å². The molecule has 2 atom stereocenters. The highest BCUT2D eigenvalue weighted by molar-refractivity contribution is 6.21. The molecule has 0 amide bonds. The Labute approximate surface area is 103 Å². The number of alkyl halides is 1. The largest absolute Gasteiger partial charge is 0.381 e. The number of aryl methyl sites for hydroxylation is 2. The van der Waals surface area contributed by atoms with E-state index in [1.807, 2.05) is 0 Å². The van der Waals surface area contributed by atoms with Crippen molar-refractivity contribution in [3.05, 3.63) is 34.9 Å². The molecule has 0 radical (unpaired) electrons. The maximum atomic E-state index is 6.53. The molecule has 0 saturated carbocycles. The third kappa shape index (κ3) is 2.58. The predicted octanol–water partition coefficient (Wildman–Crippen LogP) is 4.01. The number of rotatable bonds is 2. The first-order valence-corrected chi connectivity index (χ1v) is 6.41. The Morgan fingerprint density at radius 2 is 2.12 bits per heavy atom. The minimum Gasteiger partial charge on any atom is -0.381 e. The van der Waals surface area contributed by atoms with E-state index in [1.54, 1.807) is 0 Å². The van der Waals surface area contributed by atoms with Crippen LogP contribution in [0.5, 0.6) is 0 Å². The van der Waals surface area contributed by atoms with Gasteiger partial charge >= 0.3 is 0 Å². The first-order chi connectivity index (χ1) is 7.68. The van der Waals surface area contributed by atoms with Crippen LogP contribution in [0.4, 0.5) is 0 Å². The molecule has 2 rings (SSSR count). The van der Waals surface area contributed by atoms with Gasteiger partial charge in [-0.3, -0.25) is 0 Å². The molecule has 0 spiro atoms. The second-order valence-electron chi connectivity index (χ2n) is 4.72. The van der Waals surface area contributed by atoms with Crippen LogP contribution in [0.25, 0.3) is 0 Å². The van der Waals surface area contributed by atoms with Crippen molar-refractivity contribution in [1.82, 2.24) is 0 Å². The van der Waals surface area contributed by atoms with Gasteiger partial charge in [-0.05, 0) is 43.4 Å². The van der Waals surface area contributed by atoms with E-state index in [9.17, 15) is 0 Å². The van der Waals surface area contributed by atoms with Crippen LogP contribution in [0.1, 0.15) is 34.9 Å². The van der Waals surface area contributed by atoms with Crippen molar-refractivity contribution >= 4 is 11.6 Å². The van der Waals surface area contributed by atoms with Gasteiger partial charge < -0.3 is 4.74 Å². The molecule has 0 N–H and O–H groups in total. The van der Waals surface area contributed by atoms with Gasteiger partial charge in [-0.2, -0.15) is 0 Å². The van der Waals surface area contributed by atoms with Gasteiger partial charge in [-0.25, -0.2) is 0 Å². The fraction of sp³-hybridized carbons (Fsp3) is 0.571. The third-order valence-electron chi connectivity index (χ3n) is 3.46. The van der Waals surface area contributed by atoms with E-state index in [1.165, 1.54) is 23.1 Å². The summed E-state index contributed by atoms with van der Waals surface area (Å²) >= 11 is 6.53. The monoisotopic (exact) mass is 238 g/mol. The molecule has 88 valence electrons. The van der Waals surface area contributed by atoms with Crippen molar-refractivity contribution in [3.63, 3.8) is 0 Å². The Morgan fingerprint density at radius 1 is 1.31 bits per heavy atom. The Balaban J connectivity index is 2.12. The highest BCUT2D eigenvalue weighted by Gasteiger charge is 2.23. The molecule has 1 heterocycles. The molecule has 2 heteroatoms. The van der Waals surface area contributed by atoms with Crippen LogP contribution in [-0.2, 0) is 4.74 Å². The zero-order valence-corrected chi connectivity index (χ0v) is 10.8. The lowest BCUT2D eigenvalue weighted by atomic mass is 9.92. The standard InChI is InChI=1S/C14H19ClO/c1-10-5-6-12(8-11(10)2)14(15)13-4-3-7-16-9-13/h5-6,8,13-14H,3-4,7,9H2,1-2H3. The first-order valence-electron chi connectivity index (χ1n) is 5.97. The van der Waals surface area contributed by atoms with E-state index in [2.05, 4.69) is 32.0 Å². The van der Waals surface area contributed by atoms with Crippen molar-refractivity contribution in [3.8, 4) is 0 Å². The average molecular weight is 239 g/mol. The van der Waals surface area contributed by atoms with E-state index in [0.717, 1.165) is 19.6 Å². The van der Waals surface area contributed by atoms with Crippen LogP contribution in [-0.4, -0.2) is 13.2 Å². The number of ether oxygens (including phenoxy) is 1. The lowest BCUT2D eigenvalue weighted by molar-refractivity contribution is 0.0531. The average Bonchev–Trinajstić information content (AvgIpc) is 2.33. The van der Waals surface area contributed by atoms with Crippen LogP contribution < -0.4 is 0 Å². The van der Waals surface area contributed by atoms with Crippen molar-refractivity contribution < 1.29 is 4.74 Å². The Hall–Kier alpha value is -0.530. The second kappa shape index (κ2) is 5.20. The summed E-state index contributed by atoms with van der Waals surface area (Å²) < 4.78 is 5.49. The van der Waals surface area contributed by atoms with E-state index >= 15 is 0 Å². The van der Waals surface area contributed by atoms with Gasteiger partial charge in [0.2, 0.25) is 0 Å². The van der Waals surface area contributed by atoms with Crippen molar-refractivity contribution in [2.45, 2.75) is 32.1 Å². The van der Waals surface area contributed by atoms with Crippen LogP contribution in [0.2, 0.25) is 0 Å². The van der Waals surface area contributed by atoms with Crippen LogP contribution in [0, 0.1) is 19.8 Å². The molecule has 1 aliphatic rings. The molecule has 2 unspecified atom stereocenters. The van der Waals surface area contributed by atoms with Gasteiger partial charge in [0.1, 0.15) is 0 Å². The summed E-state index contributed by atoms with van der Waals surface area (Å²) in [4.78, 5) is 0. The highest BCUT2D eigenvalue weighted by Crippen LogP contribution is 2.34. The number of benzene rings is 1. The Kier molecular flexibility index (Phi) is 3.88. The summed E-state index contributed by atoms with van der Waals surface area (Å²) in [5.74, 6) is 0.470. The molecule has 1 nitrogen and oxygen atoms in total. The molecule has 16 heavy (non-hydrogen) atoms. The molecule has 0 aliphatic carbocycles. The summed E-state index contributed by atoms with van der Waals surface area (Å²) in [6, 6.07) is 6.51. The van der Waals surface area contributed by atoms with E-state index < -0.39 is 0 Å². The number of hydrogen-bond donors (Lipinski definition) is 0. The predicted molar refractivity (Wildman–Crippen MR) is 68.1 cm³/mol. The zero-order chi connectivity index (χ0) is 11.5. The van der Waals surface area contributed by atoms with Crippen molar-refractivity contribution in [1.29, 1.82) is 0 Å². The topological polar surface area (TPSA) is 9.23 Å². The van der Waals surface area contributed by atoms with Crippen molar-refractivity contribution in [2.24, 2.45) is 5.92 Å². The van der Waals surface area contributed by atoms with Gasteiger partial charge in [-0.1, -0.05) is 18.2 Å². The summed E-state index contributed by atoms with van der Waals surface area (Å²) in [5.41, 5.74) is 3.88. The molecular formula is C14H19ClO. The third-order valence-corrected chi connectivity index (χ3v) is 4.07. The number of halogens is 1. The van der Waals surface area contributed by atoms with Crippen LogP contribution >= 0.6 is 11.6 Å². The summed E-state index contributed by atoms with van der Waals surface area (Å²) in [7, 11) is 0. The van der Waals surface area contributed by atoms with Gasteiger partial charge in [0.25, 0.3) is 0 Å². The summed E-state index contributed by atoms with van der Waals surface area (Å²) in [6.45, 7) is 5.97. The molecular weight excluding hydrogens is 220 g/mol. The molecule has 0 bridgehead atoms. The minimum absolute atomic E-state index is 0.0969. The lowest BCUT2D eigenvalue weighted by Gasteiger charge is -2.26. The molecule has 1 aromatic carbocycles. The van der Waals surface area contributed by atoms with E-state index in [-0.39, 0.29) is 5.38 Å². The fourth-order valence-electron chi connectivity index (χ4n) is 2.20. The molecule has 1 fully saturated rings. The fourth-order valence-corrected chi connectivity index (χ4v) is 2.54. The number of hydrogen-bond acceptors (Lipinski definition) is 1. The maximum absolute atomic E-state index is 6.53. The van der Waals surface area contributed by atoms with E-state index in [0.29, 0.717) is 5.92 Å². The second-order valence-corrected chi connectivity index (χ2v) is 5.19. The highest BCUT2D eigenvalue weighted by atomic mass is 35.5. The SMILES string of the molecule is Cc1ccc(C(Cl)C2CCCOC2)cc1C. The molecule has 1 aromatic rings. The quantitative estimate of drug-likeness (QED) is 0.708. The Morgan fingerprint density at radius 3 is 2.75 bits per heavy atom. The molecule has 0 aromatic heterocycles. The summed E-state index contributed by atoms with van der Waals surface area (Å²) in [6.07, 6.45) is 2.32. The molecule has 1 aliphatic heterocycles. The van der Waals surface area contributed by atoms with Gasteiger partial charge in [0.15, 0.2) is 0 Å². The van der Waals surface area contributed by atoms with Gasteiger partial charge in [-0.15, -0.1) is 11.6 Å². The molecule has 1 saturated heterocycles. The van der Waals surface area contributed by atoms with Gasteiger partial charge in [0, 0.05) is 12.5 Å². The van der Waals surface area contributed by atoms with Crippen LogP contribution in [0.15, 0.2) is 18.2 Å². The zero-order valence-electron chi connectivity index (χ0n) is 10.0. The van der Waals surface area contributed by atoms with Crippen LogP contribution in [0.3, 0.4) is 0 Å². The van der Waals surface area contributed by atoms with Gasteiger partial charge in [0.05, 0.1) is 12.0 Å². The summed E-state index contributed by atoms with van der Waals surface area (Å²) in [5, 5.41) is 0.0969. The maximum Gasteiger partial charge on any atom is 0.0635 e. The van der Waals surface area contributed by atoms with E-state index in [4.69, 9.17) is 16.3 Å². The first kappa shape index (κ1) is 11.9.